The van der Waals surface area contributed by atoms with E-state index in [0.717, 1.165) is 57.6 Å². The van der Waals surface area contributed by atoms with Gasteiger partial charge in [0.2, 0.25) is 0 Å². The van der Waals surface area contributed by atoms with E-state index in [1.165, 1.54) is 12.1 Å². The van der Waals surface area contributed by atoms with Crippen molar-refractivity contribution >= 4 is 46.2 Å². The Labute approximate surface area is 283 Å². The van der Waals surface area contributed by atoms with E-state index in [4.69, 9.17) is 21.7 Å². The number of rotatable bonds is 8. The fourth-order valence-corrected chi connectivity index (χ4v) is 6.57. The van der Waals surface area contributed by atoms with E-state index >= 15 is 0 Å². The maximum Gasteiger partial charge on any atom is 0.412 e. The normalized spacial score (nSPS) is 15.2. The van der Waals surface area contributed by atoms with Gasteiger partial charge >= 0.3 is 6.09 Å². The molecule has 0 saturated heterocycles. The van der Waals surface area contributed by atoms with Crippen LogP contribution in [0.3, 0.4) is 0 Å². The molecule has 2 N–H and O–H groups in total. The minimum atomic E-state index is -0.672. The van der Waals surface area contributed by atoms with Crippen molar-refractivity contribution in [2.75, 3.05) is 10.6 Å². The molecule has 6 rings (SSSR count). The van der Waals surface area contributed by atoms with Gasteiger partial charge in [-0.1, -0.05) is 64.1 Å². The molecule has 0 spiro atoms. The molecule has 0 bridgehead atoms. The van der Waals surface area contributed by atoms with Crippen LogP contribution in [0.2, 0.25) is 0 Å². The van der Waals surface area contributed by atoms with Gasteiger partial charge in [0.25, 0.3) is 16.5 Å². The number of thiocarbonyl (C=S) groups is 1. The second-order valence-corrected chi connectivity index (χ2v) is 11.9. The Morgan fingerprint density at radius 3 is 1.48 bits per heavy atom. The lowest BCUT2D eigenvalue weighted by Crippen LogP contribution is -2.38. The number of ether oxygens (including phenoxy) is 2. The number of hydrogen-bond donors (Lipinski definition) is 2. The van der Waals surface area contributed by atoms with Gasteiger partial charge in [0.15, 0.2) is 0 Å². The summed E-state index contributed by atoms with van der Waals surface area (Å²) in [5.41, 5.74) is 5.92. The van der Waals surface area contributed by atoms with Crippen LogP contribution in [0.1, 0.15) is 64.5 Å². The Morgan fingerprint density at radius 2 is 1.04 bits per heavy atom. The first-order valence-electron chi connectivity index (χ1n) is 15.8. The van der Waals surface area contributed by atoms with Crippen molar-refractivity contribution in [1.82, 2.24) is 0 Å². The van der Waals surface area contributed by atoms with Crippen LogP contribution in [0.15, 0.2) is 84.9 Å². The molecule has 0 saturated carbocycles. The summed E-state index contributed by atoms with van der Waals surface area (Å²) < 4.78 is 11.6. The molecule has 0 aromatic heterocycles. The summed E-state index contributed by atoms with van der Waals surface area (Å²) in [5, 5.41) is 28.2. The second kappa shape index (κ2) is 13.8. The molecule has 2 heterocycles. The summed E-state index contributed by atoms with van der Waals surface area (Å²) in [6, 6.07) is 24.7. The number of fused-ring (bicyclic) bond motifs is 2. The number of cyclic esters (lactones) is 1. The highest BCUT2D eigenvalue weighted by atomic mass is 32.1. The number of carbonyl (C=O) groups is 1. The predicted octanol–water partition coefficient (Wildman–Crippen LogP) is 9.84. The maximum absolute atomic E-state index is 11.8. The molecular formula is C36H36N4O7S. The van der Waals surface area contributed by atoms with E-state index in [1.54, 1.807) is 24.3 Å². The van der Waals surface area contributed by atoms with E-state index in [1.807, 2.05) is 62.4 Å². The van der Waals surface area contributed by atoms with E-state index in [2.05, 4.69) is 24.5 Å². The molecule has 0 aliphatic carbocycles. The SMILES string of the molecule is CCC1(CC)OC(=O)Nc2ccc(-c3cccc([N+](=O)[O-])c3)cc21.CCC1(CC)OC(=S)Nc2ccc(-c3cccc([N+](=O)[O-])c3)cc21. The van der Waals surface area contributed by atoms with Gasteiger partial charge in [0, 0.05) is 41.1 Å². The average Bonchev–Trinajstić information content (AvgIpc) is 3.10. The summed E-state index contributed by atoms with van der Waals surface area (Å²) >= 11 is 5.23. The van der Waals surface area contributed by atoms with Crippen LogP contribution in [0.5, 0.6) is 0 Å². The number of benzene rings is 4. The standard InChI is InChI=1S/C18H18N2O4.C18H18N2O3S/c1-3-18(4-2)15-11-13(8-9-16(15)19-17(21)24-18)12-6-5-7-14(10-12)20(22)23;1-3-18(4-2)15-11-13(8-9-16(15)19-17(24)23-18)12-6-5-7-14(10-12)20(21)22/h5-11H,3-4H2,1-2H3,(H,19,21);5-11H,3-4H2,1-2H3,(H,19,24). The highest BCUT2D eigenvalue weighted by molar-refractivity contribution is 7.80. The van der Waals surface area contributed by atoms with Crippen LogP contribution >= 0.6 is 12.2 Å². The number of amides is 1. The van der Waals surface area contributed by atoms with Crippen LogP contribution in [-0.4, -0.2) is 21.1 Å². The van der Waals surface area contributed by atoms with Crippen molar-refractivity contribution in [3.05, 3.63) is 116 Å². The van der Waals surface area contributed by atoms with Crippen molar-refractivity contribution in [2.45, 2.75) is 64.6 Å². The largest absolute Gasteiger partial charge is 0.459 e. The van der Waals surface area contributed by atoms with E-state index in [-0.39, 0.29) is 16.3 Å². The van der Waals surface area contributed by atoms with Gasteiger partial charge in [-0.3, -0.25) is 25.5 Å². The Balaban J connectivity index is 0.000000188. The highest BCUT2D eigenvalue weighted by Crippen LogP contribution is 2.44. The van der Waals surface area contributed by atoms with Crippen LogP contribution < -0.4 is 10.6 Å². The zero-order valence-corrected chi connectivity index (χ0v) is 27.9. The molecule has 1 amide bonds. The monoisotopic (exact) mass is 668 g/mol. The summed E-state index contributed by atoms with van der Waals surface area (Å²) in [5.74, 6) is 0. The average molecular weight is 669 g/mol. The molecule has 0 atom stereocenters. The Hall–Kier alpha value is -5.36. The molecule has 4 aromatic rings. The van der Waals surface area contributed by atoms with Crippen molar-refractivity contribution in [3.8, 4) is 22.3 Å². The number of nitrogens with zero attached hydrogens (tertiary/aromatic N) is 2. The van der Waals surface area contributed by atoms with E-state index < -0.39 is 22.2 Å². The van der Waals surface area contributed by atoms with Gasteiger partial charge in [-0.25, -0.2) is 4.79 Å². The predicted molar refractivity (Wildman–Crippen MR) is 189 cm³/mol. The summed E-state index contributed by atoms with van der Waals surface area (Å²) in [7, 11) is 0. The molecule has 4 aromatic carbocycles. The van der Waals surface area contributed by atoms with Gasteiger partial charge in [-0.05, 0) is 84.4 Å². The molecule has 0 radical (unpaired) electrons. The number of non-ortho nitro benzene ring substituents is 2. The van der Waals surface area contributed by atoms with Crippen molar-refractivity contribution in [1.29, 1.82) is 0 Å². The Bertz CT molecular complexity index is 1770. The van der Waals surface area contributed by atoms with Crippen molar-refractivity contribution in [2.24, 2.45) is 0 Å². The first-order chi connectivity index (χ1) is 23.0. The third kappa shape index (κ3) is 6.56. The summed E-state index contributed by atoms with van der Waals surface area (Å²) in [6.45, 7) is 8.10. The number of hydrogen-bond acceptors (Lipinski definition) is 8. The minimum Gasteiger partial charge on any atom is -0.459 e. The molecule has 2 aliphatic heterocycles. The fourth-order valence-electron chi connectivity index (χ4n) is 6.30. The molecule has 12 heteroatoms. The Morgan fingerprint density at radius 1 is 0.625 bits per heavy atom. The second-order valence-electron chi connectivity index (χ2n) is 11.6. The fraction of sp³-hybridized carbons (Fsp3) is 0.278. The maximum atomic E-state index is 11.8. The number of nitro groups is 2. The van der Waals surface area contributed by atoms with Gasteiger partial charge in [-0.15, -0.1) is 0 Å². The van der Waals surface area contributed by atoms with Gasteiger partial charge in [0.1, 0.15) is 11.2 Å². The molecule has 48 heavy (non-hydrogen) atoms. The minimum absolute atomic E-state index is 0.0482. The van der Waals surface area contributed by atoms with Gasteiger partial charge in [0.05, 0.1) is 15.5 Å². The van der Waals surface area contributed by atoms with E-state index in [0.29, 0.717) is 18.0 Å². The quantitative estimate of drug-likeness (QED) is 0.106. The highest BCUT2D eigenvalue weighted by Gasteiger charge is 2.40. The van der Waals surface area contributed by atoms with Crippen molar-refractivity contribution < 1.29 is 24.1 Å². The van der Waals surface area contributed by atoms with Crippen LogP contribution in [0, 0.1) is 20.2 Å². The molecule has 248 valence electrons. The number of carbonyl (C=O) groups excluding carboxylic acids is 1. The first-order valence-corrected chi connectivity index (χ1v) is 16.2. The van der Waals surface area contributed by atoms with Crippen LogP contribution in [0.25, 0.3) is 22.3 Å². The van der Waals surface area contributed by atoms with Crippen LogP contribution in [-0.2, 0) is 20.7 Å². The smallest absolute Gasteiger partial charge is 0.412 e. The number of anilines is 2. The third-order valence-corrected chi connectivity index (χ3v) is 9.32. The Kier molecular flexibility index (Phi) is 9.76. The lowest BCUT2D eigenvalue weighted by Gasteiger charge is -2.39. The molecule has 11 nitrogen and oxygen atoms in total. The zero-order valence-electron chi connectivity index (χ0n) is 27.1. The molecule has 2 aliphatic rings. The number of nitro benzene ring substituents is 2. The molecule has 0 unspecified atom stereocenters. The molecule has 0 fully saturated rings. The summed E-state index contributed by atoms with van der Waals surface area (Å²) in [6.07, 6.45) is 2.44. The lowest BCUT2D eigenvalue weighted by molar-refractivity contribution is -0.385. The zero-order chi connectivity index (χ0) is 34.6. The summed E-state index contributed by atoms with van der Waals surface area (Å²) in [4.78, 5) is 33.0. The van der Waals surface area contributed by atoms with Gasteiger partial charge < -0.3 is 14.8 Å². The van der Waals surface area contributed by atoms with Crippen LogP contribution in [0.4, 0.5) is 27.5 Å². The molecular weight excluding hydrogens is 632 g/mol. The van der Waals surface area contributed by atoms with Gasteiger partial charge in [-0.2, -0.15) is 0 Å². The van der Waals surface area contributed by atoms with E-state index in [9.17, 15) is 25.0 Å². The topological polar surface area (TPSA) is 146 Å². The van der Waals surface area contributed by atoms with Crippen molar-refractivity contribution in [3.63, 3.8) is 0 Å². The third-order valence-electron chi connectivity index (χ3n) is 9.14. The first kappa shape index (κ1) is 34.0. The lowest BCUT2D eigenvalue weighted by atomic mass is 9.84. The number of nitrogens with one attached hydrogen (secondary N) is 2.